The summed E-state index contributed by atoms with van der Waals surface area (Å²) >= 11 is 0. The number of carboxylic acid groups (broad SMARTS) is 1. The summed E-state index contributed by atoms with van der Waals surface area (Å²) in [4.78, 5) is 24.0. The van der Waals surface area contributed by atoms with E-state index >= 15 is 0 Å². The highest BCUT2D eigenvalue weighted by atomic mass is 16.5. The summed E-state index contributed by atoms with van der Waals surface area (Å²) in [5, 5.41) is 14.2. The predicted molar refractivity (Wildman–Crippen MR) is 112 cm³/mol. The molecule has 1 atom stereocenters. The molecule has 0 saturated carbocycles. The Morgan fingerprint density at radius 3 is 2.43 bits per heavy atom. The Kier molecular flexibility index (Phi) is 6.46. The fourth-order valence-electron chi connectivity index (χ4n) is 4.51. The van der Waals surface area contributed by atoms with Crippen LogP contribution in [-0.2, 0) is 10.2 Å². The molecule has 0 bridgehead atoms. The van der Waals surface area contributed by atoms with Gasteiger partial charge in [0.1, 0.15) is 5.75 Å². The monoisotopic (exact) mass is 410 g/mol. The lowest BCUT2D eigenvalue weighted by Gasteiger charge is -2.46. The van der Waals surface area contributed by atoms with Gasteiger partial charge in [-0.25, -0.2) is 0 Å². The van der Waals surface area contributed by atoms with Crippen LogP contribution in [0.3, 0.4) is 0 Å². The molecular formula is C24H28NO5-. The summed E-state index contributed by atoms with van der Waals surface area (Å²) in [6.07, 6.45) is 2.27. The lowest BCUT2D eigenvalue weighted by Crippen LogP contribution is -2.46. The Balaban J connectivity index is 1.82. The molecule has 1 N–H and O–H groups in total. The molecule has 6 heteroatoms. The molecule has 0 unspecified atom stereocenters. The van der Waals surface area contributed by atoms with Crippen molar-refractivity contribution in [1.29, 1.82) is 0 Å². The molecule has 0 aliphatic carbocycles. The summed E-state index contributed by atoms with van der Waals surface area (Å²) < 4.78 is 11.6. The highest BCUT2D eigenvalue weighted by Gasteiger charge is 2.43. The zero-order chi connectivity index (χ0) is 21.8. The number of benzene rings is 2. The molecule has 1 fully saturated rings. The Labute approximate surface area is 177 Å². The number of aromatic carboxylic acids is 1. The fourth-order valence-corrected chi connectivity index (χ4v) is 4.51. The second-order valence-corrected chi connectivity index (χ2v) is 8.35. The van der Waals surface area contributed by atoms with Crippen molar-refractivity contribution in [1.82, 2.24) is 5.32 Å². The highest BCUT2D eigenvalue weighted by molar-refractivity contribution is 6.04. The van der Waals surface area contributed by atoms with E-state index in [0.717, 1.165) is 24.2 Å². The van der Waals surface area contributed by atoms with Gasteiger partial charge in [-0.1, -0.05) is 36.4 Å². The van der Waals surface area contributed by atoms with E-state index in [1.807, 2.05) is 18.2 Å². The van der Waals surface area contributed by atoms with Gasteiger partial charge < -0.3 is 24.7 Å². The maximum Gasteiger partial charge on any atom is 0.251 e. The first-order chi connectivity index (χ1) is 14.3. The summed E-state index contributed by atoms with van der Waals surface area (Å²) in [6.45, 7) is 5.16. The van der Waals surface area contributed by atoms with E-state index in [1.165, 1.54) is 12.1 Å². The number of amides is 1. The lowest BCUT2D eigenvalue weighted by atomic mass is 9.67. The zero-order valence-corrected chi connectivity index (χ0v) is 17.7. The second-order valence-electron chi connectivity index (χ2n) is 8.35. The number of rotatable bonds is 7. The number of methoxy groups -OCH3 is 1. The Bertz CT molecular complexity index is 923. The smallest absolute Gasteiger partial charge is 0.251 e. The van der Waals surface area contributed by atoms with Crippen molar-refractivity contribution in [2.45, 2.75) is 44.1 Å². The minimum absolute atomic E-state index is 0.108. The maximum atomic E-state index is 12.7. The van der Waals surface area contributed by atoms with Gasteiger partial charge in [0.25, 0.3) is 5.91 Å². The topological polar surface area (TPSA) is 87.7 Å². The first kappa shape index (κ1) is 21.8. The lowest BCUT2D eigenvalue weighted by molar-refractivity contribution is -0.255. The Morgan fingerprint density at radius 2 is 1.77 bits per heavy atom. The SMILES string of the molecule is COc1ccccc1[C@]1(CCNC(=O)c2ccccc2C(=O)[O-])CCOC(C)(C)C1. The number of ether oxygens (including phenoxy) is 2. The van der Waals surface area contributed by atoms with Gasteiger partial charge in [-0.2, -0.15) is 0 Å². The molecule has 1 heterocycles. The van der Waals surface area contributed by atoms with Gasteiger partial charge in [0.2, 0.25) is 0 Å². The summed E-state index contributed by atoms with van der Waals surface area (Å²) in [5.41, 5.74) is 0.575. The number of nitrogens with one attached hydrogen (secondary N) is 1. The fraction of sp³-hybridized carbons (Fsp3) is 0.417. The maximum absolute atomic E-state index is 12.7. The molecule has 1 amide bonds. The molecule has 1 aliphatic heterocycles. The molecular weight excluding hydrogens is 382 g/mol. The van der Waals surface area contributed by atoms with E-state index in [-0.39, 0.29) is 22.1 Å². The summed E-state index contributed by atoms with van der Waals surface area (Å²) in [6, 6.07) is 14.1. The largest absolute Gasteiger partial charge is 0.545 e. The van der Waals surface area contributed by atoms with E-state index in [0.29, 0.717) is 19.6 Å². The third-order valence-corrected chi connectivity index (χ3v) is 5.80. The third-order valence-electron chi connectivity index (χ3n) is 5.80. The molecule has 2 aromatic carbocycles. The van der Waals surface area contributed by atoms with Crippen molar-refractivity contribution in [3.8, 4) is 5.75 Å². The van der Waals surface area contributed by atoms with Crippen molar-refractivity contribution in [3.05, 3.63) is 65.2 Å². The van der Waals surface area contributed by atoms with Gasteiger partial charge in [0, 0.05) is 35.3 Å². The molecule has 3 rings (SSSR count). The van der Waals surface area contributed by atoms with Crippen LogP contribution in [0.4, 0.5) is 0 Å². The van der Waals surface area contributed by atoms with Crippen LogP contribution in [0.15, 0.2) is 48.5 Å². The molecule has 160 valence electrons. The van der Waals surface area contributed by atoms with Gasteiger partial charge in [-0.3, -0.25) is 4.79 Å². The van der Waals surface area contributed by atoms with Crippen LogP contribution in [0.25, 0.3) is 0 Å². The molecule has 0 radical (unpaired) electrons. The van der Waals surface area contributed by atoms with Crippen LogP contribution in [0.5, 0.6) is 5.75 Å². The van der Waals surface area contributed by atoms with Crippen molar-refractivity contribution >= 4 is 11.9 Å². The predicted octanol–water partition coefficient (Wildman–Crippen LogP) is 2.71. The molecule has 0 spiro atoms. The van der Waals surface area contributed by atoms with Gasteiger partial charge >= 0.3 is 0 Å². The average molecular weight is 410 g/mol. The van der Waals surface area contributed by atoms with E-state index in [9.17, 15) is 14.7 Å². The van der Waals surface area contributed by atoms with Crippen LogP contribution in [0, 0.1) is 0 Å². The van der Waals surface area contributed by atoms with Crippen molar-refractivity contribution in [2.75, 3.05) is 20.3 Å². The number of hydrogen-bond acceptors (Lipinski definition) is 5. The van der Waals surface area contributed by atoms with Crippen molar-refractivity contribution in [3.63, 3.8) is 0 Å². The summed E-state index contributed by atoms with van der Waals surface area (Å²) in [7, 11) is 1.66. The molecule has 1 saturated heterocycles. The number of hydrogen-bond donors (Lipinski definition) is 1. The van der Waals surface area contributed by atoms with Crippen LogP contribution in [0.1, 0.15) is 59.4 Å². The minimum atomic E-state index is -1.36. The Hall–Kier alpha value is -2.86. The molecule has 1 aliphatic rings. The van der Waals surface area contributed by atoms with Gasteiger partial charge in [0.05, 0.1) is 18.7 Å². The molecule has 0 aromatic heterocycles. The van der Waals surface area contributed by atoms with Crippen LogP contribution < -0.4 is 15.2 Å². The molecule has 2 aromatic rings. The van der Waals surface area contributed by atoms with E-state index in [4.69, 9.17) is 9.47 Å². The average Bonchev–Trinajstić information content (AvgIpc) is 2.72. The quantitative estimate of drug-likeness (QED) is 0.758. The van der Waals surface area contributed by atoms with E-state index < -0.39 is 11.9 Å². The Morgan fingerprint density at radius 1 is 1.10 bits per heavy atom. The van der Waals surface area contributed by atoms with E-state index in [2.05, 4.69) is 25.2 Å². The zero-order valence-electron chi connectivity index (χ0n) is 17.7. The van der Waals surface area contributed by atoms with Gasteiger partial charge in [0.15, 0.2) is 0 Å². The number of carbonyl (C=O) groups excluding carboxylic acids is 2. The van der Waals surface area contributed by atoms with Crippen LogP contribution >= 0.6 is 0 Å². The number of para-hydroxylation sites is 1. The van der Waals surface area contributed by atoms with Crippen LogP contribution in [0.2, 0.25) is 0 Å². The first-order valence-electron chi connectivity index (χ1n) is 10.1. The number of carbonyl (C=O) groups is 2. The van der Waals surface area contributed by atoms with E-state index in [1.54, 1.807) is 19.2 Å². The standard InChI is InChI=1S/C24H29NO5/c1-23(2)16-24(13-15-30-23,19-10-6-7-11-20(19)29-3)12-14-25-21(26)17-8-4-5-9-18(17)22(27)28/h4-11H,12-16H2,1-3H3,(H,25,26)(H,27,28)/p-1/t24-/m1/s1. The minimum Gasteiger partial charge on any atom is -0.545 e. The highest BCUT2D eigenvalue weighted by Crippen LogP contribution is 2.46. The molecule has 30 heavy (non-hydrogen) atoms. The van der Waals surface area contributed by atoms with Crippen molar-refractivity contribution in [2.24, 2.45) is 0 Å². The van der Waals surface area contributed by atoms with Crippen LogP contribution in [-0.4, -0.2) is 37.7 Å². The van der Waals surface area contributed by atoms with Gasteiger partial charge in [-0.05, 0) is 45.2 Å². The normalized spacial score (nSPS) is 20.4. The van der Waals surface area contributed by atoms with Gasteiger partial charge in [-0.15, -0.1) is 0 Å². The van der Waals surface area contributed by atoms with Crippen molar-refractivity contribution < 1.29 is 24.2 Å². The second kappa shape index (κ2) is 8.88. The first-order valence-corrected chi connectivity index (χ1v) is 10.1. The third kappa shape index (κ3) is 4.65. The summed E-state index contributed by atoms with van der Waals surface area (Å²) in [5.74, 6) is -0.961. The molecule has 6 nitrogen and oxygen atoms in total. The number of carboxylic acids is 1.